The molecule has 6 heteroatoms. The van der Waals surface area contributed by atoms with Crippen LogP contribution in [0.3, 0.4) is 0 Å². The van der Waals surface area contributed by atoms with Crippen molar-refractivity contribution in [3.05, 3.63) is 70.4 Å². The molecule has 1 atom stereocenters. The second-order valence-electron chi connectivity index (χ2n) is 5.67. The predicted molar refractivity (Wildman–Crippen MR) is 94.1 cm³/mol. The highest BCUT2D eigenvalue weighted by Gasteiger charge is 2.29. The lowest BCUT2D eigenvalue weighted by atomic mass is 10.1. The Labute approximate surface area is 140 Å². The topological polar surface area (TPSA) is 82.0 Å². The molecule has 0 aliphatic carbocycles. The third-order valence-corrected chi connectivity index (χ3v) is 3.92. The number of carbonyl (C=O) groups is 1. The van der Waals surface area contributed by atoms with Gasteiger partial charge in [-0.25, -0.2) is 0 Å². The summed E-state index contributed by atoms with van der Waals surface area (Å²) in [4.78, 5) is 21.0. The van der Waals surface area contributed by atoms with Crippen molar-refractivity contribution >= 4 is 23.7 Å². The number of nitrogens with zero attached hydrogens (tertiary/aromatic N) is 5. The summed E-state index contributed by atoms with van der Waals surface area (Å²) in [5, 5.41) is 3.58. The number of amides is 1. The monoisotopic (exact) mass is 319 g/mol. The molecule has 24 heavy (non-hydrogen) atoms. The standard InChI is InChI=1S/C18H17N5O/c19-22-21-12-15-11-18(24)23(13-15)17-6-3-4-14(10-17)7-8-16-5-1-2-9-20-16/h1-10,15H,11-13H2. The summed E-state index contributed by atoms with van der Waals surface area (Å²) in [5.74, 6) is 0.153. The Hall–Kier alpha value is -3.11. The zero-order chi connectivity index (χ0) is 16.8. The molecule has 1 unspecified atom stereocenters. The molecule has 1 aromatic heterocycles. The van der Waals surface area contributed by atoms with Gasteiger partial charge in [-0.05, 0) is 47.4 Å². The van der Waals surface area contributed by atoms with E-state index in [1.807, 2.05) is 54.6 Å². The molecule has 0 spiro atoms. The van der Waals surface area contributed by atoms with Crippen LogP contribution in [0.25, 0.3) is 22.6 Å². The van der Waals surface area contributed by atoms with Gasteiger partial charge >= 0.3 is 0 Å². The number of aromatic nitrogens is 1. The van der Waals surface area contributed by atoms with Gasteiger partial charge < -0.3 is 4.90 Å². The number of benzene rings is 1. The number of hydrogen-bond donors (Lipinski definition) is 0. The van der Waals surface area contributed by atoms with Gasteiger partial charge in [-0.1, -0.05) is 29.4 Å². The number of anilines is 1. The van der Waals surface area contributed by atoms with Crippen molar-refractivity contribution < 1.29 is 4.79 Å². The lowest BCUT2D eigenvalue weighted by Gasteiger charge is -2.17. The Morgan fingerprint density at radius 1 is 1.29 bits per heavy atom. The first-order chi connectivity index (χ1) is 11.8. The van der Waals surface area contributed by atoms with E-state index in [4.69, 9.17) is 5.53 Å². The van der Waals surface area contributed by atoms with Crippen LogP contribution in [-0.2, 0) is 4.79 Å². The summed E-state index contributed by atoms with van der Waals surface area (Å²) in [5.41, 5.74) is 11.2. The van der Waals surface area contributed by atoms with Crippen molar-refractivity contribution in [3.8, 4) is 0 Å². The summed E-state index contributed by atoms with van der Waals surface area (Å²) in [6.45, 7) is 0.948. The molecule has 1 amide bonds. The molecule has 2 aromatic rings. The summed E-state index contributed by atoms with van der Waals surface area (Å²) >= 11 is 0. The molecule has 1 saturated heterocycles. The van der Waals surface area contributed by atoms with Gasteiger partial charge in [-0.2, -0.15) is 0 Å². The molecule has 0 N–H and O–H groups in total. The summed E-state index contributed by atoms with van der Waals surface area (Å²) in [6, 6.07) is 13.6. The van der Waals surface area contributed by atoms with Crippen LogP contribution in [0.4, 0.5) is 5.69 Å². The predicted octanol–water partition coefficient (Wildman–Crippen LogP) is 3.92. The summed E-state index contributed by atoms with van der Waals surface area (Å²) < 4.78 is 0. The first-order valence-corrected chi connectivity index (χ1v) is 7.76. The van der Waals surface area contributed by atoms with E-state index < -0.39 is 0 Å². The molecule has 1 aliphatic heterocycles. The van der Waals surface area contributed by atoms with Crippen LogP contribution in [0, 0.1) is 5.92 Å². The maximum Gasteiger partial charge on any atom is 0.227 e. The molecular formula is C18H17N5O. The van der Waals surface area contributed by atoms with Crippen LogP contribution in [0.1, 0.15) is 17.7 Å². The number of azide groups is 1. The maximum atomic E-state index is 12.2. The zero-order valence-corrected chi connectivity index (χ0v) is 13.1. The van der Waals surface area contributed by atoms with Gasteiger partial charge in [0, 0.05) is 36.3 Å². The lowest BCUT2D eigenvalue weighted by Crippen LogP contribution is -2.24. The normalized spacial score (nSPS) is 17.2. The molecule has 0 saturated carbocycles. The van der Waals surface area contributed by atoms with Gasteiger partial charge in [0.15, 0.2) is 0 Å². The first kappa shape index (κ1) is 15.8. The smallest absolute Gasteiger partial charge is 0.227 e. The van der Waals surface area contributed by atoms with Crippen molar-refractivity contribution in [3.63, 3.8) is 0 Å². The van der Waals surface area contributed by atoms with E-state index in [1.54, 1.807) is 11.1 Å². The fraction of sp³-hybridized carbons (Fsp3) is 0.222. The number of pyridine rings is 1. The molecule has 1 aliphatic rings. The van der Waals surface area contributed by atoms with Crippen molar-refractivity contribution in [1.29, 1.82) is 0 Å². The van der Waals surface area contributed by atoms with E-state index in [0.717, 1.165) is 16.9 Å². The van der Waals surface area contributed by atoms with E-state index >= 15 is 0 Å². The Morgan fingerprint density at radius 2 is 2.21 bits per heavy atom. The van der Waals surface area contributed by atoms with E-state index in [0.29, 0.717) is 19.5 Å². The maximum absolute atomic E-state index is 12.2. The highest BCUT2D eigenvalue weighted by molar-refractivity contribution is 5.96. The summed E-state index contributed by atoms with van der Waals surface area (Å²) in [6.07, 6.45) is 6.09. The van der Waals surface area contributed by atoms with Crippen molar-refractivity contribution in [2.45, 2.75) is 6.42 Å². The van der Waals surface area contributed by atoms with Crippen LogP contribution >= 0.6 is 0 Å². The van der Waals surface area contributed by atoms with Gasteiger partial charge in [-0.3, -0.25) is 9.78 Å². The van der Waals surface area contributed by atoms with Gasteiger partial charge in [0.05, 0.1) is 5.69 Å². The van der Waals surface area contributed by atoms with Gasteiger partial charge in [-0.15, -0.1) is 0 Å². The van der Waals surface area contributed by atoms with E-state index in [-0.39, 0.29) is 11.8 Å². The van der Waals surface area contributed by atoms with Crippen LogP contribution in [-0.4, -0.2) is 24.0 Å². The largest absolute Gasteiger partial charge is 0.312 e. The molecule has 2 heterocycles. The Morgan fingerprint density at radius 3 is 3.00 bits per heavy atom. The Bertz CT molecular complexity index is 796. The highest BCUT2D eigenvalue weighted by Crippen LogP contribution is 2.26. The fourth-order valence-corrected chi connectivity index (χ4v) is 2.76. The van der Waals surface area contributed by atoms with Crippen molar-refractivity contribution in [2.24, 2.45) is 11.0 Å². The van der Waals surface area contributed by atoms with Crippen LogP contribution in [0.2, 0.25) is 0 Å². The SMILES string of the molecule is [N-]=[N+]=NCC1CC(=O)N(c2cccc(C=Cc3ccccn3)c2)C1. The number of carbonyl (C=O) groups excluding carboxylic acids is 1. The van der Waals surface area contributed by atoms with E-state index in [2.05, 4.69) is 15.0 Å². The minimum atomic E-state index is 0.0685. The van der Waals surface area contributed by atoms with Gasteiger partial charge in [0.1, 0.15) is 0 Å². The van der Waals surface area contributed by atoms with Gasteiger partial charge in [0.25, 0.3) is 0 Å². The first-order valence-electron chi connectivity index (χ1n) is 7.76. The average Bonchev–Trinajstić information content (AvgIpc) is 3.00. The minimum Gasteiger partial charge on any atom is -0.312 e. The molecule has 0 bridgehead atoms. The minimum absolute atomic E-state index is 0.0685. The third kappa shape index (κ3) is 3.80. The molecular weight excluding hydrogens is 302 g/mol. The molecule has 1 fully saturated rings. The Balaban J connectivity index is 1.74. The third-order valence-electron chi connectivity index (χ3n) is 3.92. The zero-order valence-electron chi connectivity index (χ0n) is 13.1. The highest BCUT2D eigenvalue weighted by atomic mass is 16.2. The molecule has 0 radical (unpaired) electrons. The van der Waals surface area contributed by atoms with Crippen LogP contribution < -0.4 is 4.90 Å². The molecule has 1 aromatic carbocycles. The molecule has 6 nitrogen and oxygen atoms in total. The fourth-order valence-electron chi connectivity index (χ4n) is 2.76. The van der Waals surface area contributed by atoms with Crippen molar-refractivity contribution in [2.75, 3.05) is 18.0 Å². The molecule has 3 rings (SSSR count). The Kier molecular flexibility index (Phi) is 4.89. The second kappa shape index (κ2) is 7.44. The summed E-state index contributed by atoms with van der Waals surface area (Å²) in [7, 11) is 0. The number of rotatable bonds is 5. The van der Waals surface area contributed by atoms with Gasteiger partial charge in [0.2, 0.25) is 5.91 Å². The van der Waals surface area contributed by atoms with Crippen molar-refractivity contribution in [1.82, 2.24) is 4.98 Å². The van der Waals surface area contributed by atoms with Crippen LogP contribution in [0.15, 0.2) is 53.8 Å². The molecule has 120 valence electrons. The van der Waals surface area contributed by atoms with Crippen LogP contribution in [0.5, 0.6) is 0 Å². The quantitative estimate of drug-likeness (QED) is 0.475. The number of hydrogen-bond acceptors (Lipinski definition) is 3. The average molecular weight is 319 g/mol. The van der Waals surface area contributed by atoms with E-state index in [1.165, 1.54) is 0 Å². The second-order valence-corrected chi connectivity index (χ2v) is 5.67. The lowest BCUT2D eigenvalue weighted by molar-refractivity contribution is -0.117. The van der Waals surface area contributed by atoms with E-state index in [9.17, 15) is 4.79 Å².